The Morgan fingerprint density at radius 1 is 1.62 bits per heavy atom. The van der Waals surface area contributed by atoms with Crippen LogP contribution in [0.1, 0.15) is 6.92 Å². The van der Waals surface area contributed by atoms with Crippen molar-refractivity contribution in [1.29, 1.82) is 0 Å². The van der Waals surface area contributed by atoms with Gasteiger partial charge in [0.05, 0.1) is 7.11 Å². The smallest absolute Gasteiger partial charge is 0.320 e. The fraction of sp³-hybridized carbons (Fsp3) is 0.875. The largest absolute Gasteiger partial charge is 0.468 e. The second-order valence-corrected chi connectivity index (χ2v) is 5.00. The van der Waals surface area contributed by atoms with Crippen LogP contribution in [-0.4, -0.2) is 41.1 Å². The van der Waals surface area contributed by atoms with Gasteiger partial charge in [-0.05, 0) is 11.7 Å². The van der Waals surface area contributed by atoms with Crippen molar-refractivity contribution in [2.24, 2.45) is 5.92 Å². The molecule has 0 fully saturated rings. The Labute approximate surface area is 91.4 Å². The molecule has 1 N–H and O–H groups in total. The lowest BCUT2D eigenvalue weighted by molar-refractivity contribution is -0.139. The summed E-state index contributed by atoms with van der Waals surface area (Å²) in [6.45, 7) is 2.16. The van der Waals surface area contributed by atoms with Crippen molar-refractivity contribution >= 4 is 33.7 Å². The van der Waals surface area contributed by atoms with Gasteiger partial charge in [-0.3, -0.25) is 4.79 Å². The zero-order chi connectivity index (χ0) is 10.3. The number of halogens is 1. The van der Waals surface area contributed by atoms with Crippen LogP contribution in [0.2, 0.25) is 0 Å². The van der Waals surface area contributed by atoms with Gasteiger partial charge in [-0.2, -0.15) is 11.8 Å². The van der Waals surface area contributed by atoms with Gasteiger partial charge < -0.3 is 9.84 Å². The number of carbonyl (C=O) groups is 1. The number of ether oxygens (including phenoxy) is 1. The number of aliphatic hydroxyl groups excluding tert-OH is 1. The molecule has 0 aliphatic carbocycles. The summed E-state index contributed by atoms with van der Waals surface area (Å²) in [4.78, 5) is 10.7. The lowest BCUT2D eigenvalue weighted by Gasteiger charge is -2.09. The third kappa shape index (κ3) is 6.35. The molecule has 0 aliphatic heterocycles. The Balaban J connectivity index is 3.47. The predicted octanol–water partition coefficient (Wildman–Crippen LogP) is 1.28. The molecule has 3 nitrogen and oxygen atoms in total. The summed E-state index contributed by atoms with van der Waals surface area (Å²) in [5.41, 5.74) is 0. The van der Waals surface area contributed by atoms with E-state index in [1.54, 1.807) is 11.8 Å². The van der Waals surface area contributed by atoms with E-state index in [1.807, 2.05) is 6.92 Å². The Bertz CT molecular complexity index is 154. The van der Waals surface area contributed by atoms with Crippen LogP contribution >= 0.6 is 27.7 Å². The fourth-order valence-corrected chi connectivity index (χ4v) is 2.36. The van der Waals surface area contributed by atoms with Gasteiger partial charge in [-0.15, -0.1) is 0 Å². The minimum atomic E-state index is -0.246. The SMILES string of the molecule is COC(=O)C(Br)CSCC(C)CO. The normalized spacial score (nSPS) is 15.1. The predicted molar refractivity (Wildman–Crippen MR) is 58.3 cm³/mol. The van der Waals surface area contributed by atoms with Gasteiger partial charge in [0.25, 0.3) is 0 Å². The van der Waals surface area contributed by atoms with Gasteiger partial charge in [0.2, 0.25) is 0 Å². The first kappa shape index (κ1) is 13.3. The minimum Gasteiger partial charge on any atom is -0.468 e. The van der Waals surface area contributed by atoms with Crippen molar-refractivity contribution in [3.8, 4) is 0 Å². The van der Waals surface area contributed by atoms with E-state index in [2.05, 4.69) is 20.7 Å². The second-order valence-electron chi connectivity index (χ2n) is 2.82. The average molecular weight is 271 g/mol. The second kappa shape index (κ2) is 7.64. The number of methoxy groups -OCH3 is 1. The monoisotopic (exact) mass is 270 g/mol. The van der Waals surface area contributed by atoms with Crippen LogP contribution < -0.4 is 0 Å². The van der Waals surface area contributed by atoms with Crippen molar-refractivity contribution in [1.82, 2.24) is 0 Å². The third-order valence-corrected chi connectivity index (χ3v) is 3.94. The van der Waals surface area contributed by atoms with Crippen LogP contribution in [0.4, 0.5) is 0 Å². The number of hydrogen-bond donors (Lipinski definition) is 1. The number of alkyl halides is 1. The molecular weight excluding hydrogens is 256 g/mol. The third-order valence-electron chi connectivity index (χ3n) is 1.44. The number of rotatable bonds is 6. The number of hydrogen-bond acceptors (Lipinski definition) is 4. The molecule has 0 rings (SSSR count). The summed E-state index contributed by atoms with van der Waals surface area (Å²) in [5, 5.41) is 8.74. The molecule has 0 saturated carbocycles. The van der Waals surface area contributed by atoms with E-state index in [4.69, 9.17) is 5.11 Å². The van der Waals surface area contributed by atoms with E-state index in [9.17, 15) is 4.79 Å². The molecule has 2 atom stereocenters. The highest BCUT2D eigenvalue weighted by molar-refractivity contribution is 9.10. The first-order valence-corrected chi connectivity index (χ1v) is 6.09. The molecule has 0 heterocycles. The molecule has 0 aromatic heterocycles. The molecule has 2 unspecified atom stereocenters. The van der Waals surface area contributed by atoms with Crippen molar-refractivity contribution in [2.45, 2.75) is 11.8 Å². The molecule has 5 heteroatoms. The Kier molecular flexibility index (Phi) is 7.80. The summed E-state index contributed by atoms with van der Waals surface area (Å²) >= 11 is 4.85. The standard InChI is InChI=1S/C8H15BrO3S/c1-6(3-10)4-13-5-7(9)8(11)12-2/h6-7,10H,3-5H2,1-2H3. The summed E-state index contributed by atoms with van der Waals surface area (Å²) < 4.78 is 4.55. The van der Waals surface area contributed by atoms with Crippen molar-refractivity contribution < 1.29 is 14.6 Å². The van der Waals surface area contributed by atoms with Gasteiger partial charge in [0.15, 0.2) is 0 Å². The molecule has 0 saturated heterocycles. The molecular formula is C8H15BrO3S. The first-order chi connectivity index (χ1) is 6.11. The highest BCUT2D eigenvalue weighted by Crippen LogP contribution is 2.14. The number of carbonyl (C=O) groups excluding carboxylic acids is 1. The Hall–Kier alpha value is 0.260. The van der Waals surface area contributed by atoms with E-state index in [1.165, 1.54) is 7.11 Å². The molecule has 0 bridgehead atoms. The maximum absolute atomic E-state index is 10.9. The number of thioether (sulfide) groups is 1. The van der Waals surface area contributed by atoms with Crippen LogP contribution in [0.3, 0.4) is 0 Å². The highest BCUT2D eigenvalue weighted by atomic mass is 79.9. The Morgan fingerprint density at radius 3 is 2.69 bits per heavy atom. The van der Waals surface area contributed by atoms with Gasteiger partial charge >= 0.3 is 5.97 Å². The first-order valence-electron chi connectivity index (χ1n) is 4.02. The average Bonchev–Trinajstić information content (AvgIpc) is 2.15. The summed E-state index contributed by atoms with van der Waals surface area (Å²) in [6.07, 6.45) is 0. The van der Waals surface area contributed by atoms with Crippen LogP contribution in [-0.2, 0) is 9.53 Å². The molecule has 13 heavy (non-hydrogen) atoms. The lowest BCUT2D eigenvalue weighted by Crippen LogP contribution is -2.18. The number of aliphatic hydroxyl groups is 1. The van der Waals surface area contributed by atoms with E-state index < -0.39 is 0 Å². The van der Waals surface area contributed by atoms with Gasteiger partial charge in [-0.1, -0.05) is 22.9 Å². The van der Waals surface area contributed by atoms with Gasteiger partial charge in [-0.25, -0.2) is 0 Å². The van der Waals surface area contributed by atoms with E-state index in [0.29, 0.717) is 5.75 Å². The van der Waals surface area contributed by atoms with Crippen LogP contribution in [0, 0.1) is 5.92 Å². The molecule has 0 aliphatic rings. The Morgan fingerprint density at radius 2 is 2.23 bits per heavy atom. The van der Waals surface area contributed by atoms with Crippen LogP contribution in [0.25, 0.3) is 0 Å². The zero-order valence-electron chi connectivity index (χ0n) is 7.83. The zero-order valence-corrected chi connectivity index (χ0v) is 10.2. The molecule has 0 amide bonds. The minimum absolute atomic E-state index is 0.193. The maximum atomic E-state index is 10.9. The molecule has 0 aromatic carbocycles. The molecule has 0 spiro atoms. The van der Waals surface area contributed by atoms with Crippen molar-refractivity contribution in [3.05, 3.63) is 0 Å². The molecule has 0 radical (unpaired) electrons. The van der Waals surface area contributed by atoms with Crippen molar-refractivity contribution in [3.63, 3.8) is 0 Å². The van der Waals surface area contributed by atoms with Crippen molar-refractivity contribution in [2.75, 3.05) is 25.2 Å². The van der Waals surface area contributed by atoms with E-state index >= 15 is 0 Å². The van der Waals surface area contributed by atoms with Gasteiger partial charge in [0, 0.05) is 12.4 Å². The summed E-state index contributed by atoms with van der Waals surface area (Å²) in [7, 11) is 1.37. The summed E-state index contributed by atoms with van der Waals surface area (Å²) in [6, 6.07) is 0. The van der Waals surface area contributed by atoms with E-state index in [-0.39, 0.29) is 23.3 Å². The number of esters is 1. The maximum Gasteiger partial charge on any atom is 0.320 e. The summed E-state index contributed by atoms with van der Waals surface area (Å²) in [5.74, 6) is 1.57. The fourth-order valence-electron chi connectivity index (χ4n) is 0.621. The highest BCUT2D eigenvalue weighted by Gasteiger charge is 2.15. The lowest BCUT2D eigenvalue weighted by atomic mass is 10.2. The quantitative estimate of drug-likeness (QED) is 0.584. The van der Waals surface area contributed by atoms with Crippen LogP contribution in [0.5, 0.6) is 0 Å². The molecule has 0 aromatic rings. The van der Waals surface area contributed by atoms with Gasteiger partial charge in [0.1, 0.15) is 4.83 Å². The molecule has 78 valence electrons. The van der Waals surface area contributed by atoms with E-state index in [0.717, 1.165) is 5.75 Å². The van der Waals surface area contributed by atoms with Crippen LogP contribution in [0.15, 0.2) is 0 Å². The topological polar surface area (TPSA) is 46.5 Å².